The van der Waals surface area contributed by atoms with Gasteiger partial charge in [-0.3, -0.25) is 4.79 Å². The van der Waals surface area contributed by atoms with E-state index in [1.165, 1.54) is 15.9 Å². The SMILES string of the molecule is C=Cc1c(Cl)nn2c(=O)c3c(C)c(C)sc3nc2c1/C=C\C. The molecule has 6 heteroatoms. The standard InChI is InChI=1S/C16H14ClN3OS/c1-5-7-11-10(6-2)13(17)19-20-14(11)18-15-12(16(20)21)8(3)9(4)22-15/h5-7H,2H2,1,3-4H3/b7-5-. The van der Waals surface area contributed by atoms with Crippen molar-refractivity contribution in [3.05, 3.63) is 49.7 Å². The molecular formula is C16H14ClN3OS. The summed E-state index contributed by atoms with van der Waals surface area (Å²) in [5, 5.41) is 5.05. The summed E-state index contributed by atoms with van der Waals surface area (Å²) in [4.78, 5) is 19.2. The van der Waals surface area contributed by atoms with Crippen LogP contribution >= 0.6 is 22.9 Å². The summed E-state index contributed by atoms with van der Waals surface area (Å²) >= 11 is 7.73. The van der Waals surface area contributed by atoms with E-state index in [0.29, 0.717) is 16.6 Å². The van der Waals surface area contributed by atoms with Gasteiger partial charge in [0.25, 0.3) is 5.56 Å². The molecule has 0 aliphatic rings. The number of aryl methyl sites for hydroxylation is 2. The number of allylic oxidation sites excluding steroid dienone is 1. The van der Waals surface area contributed by atoms with Gasteiger partial charge in [-0.05, 0) is 26.3 Å². The molecule has 0 radical (unpaired) electrons. The van der Waals surface area contributed by atoms with Gasteiger partial charge in [-0.15, -0.1) is 11.3 Å². The van der Waals surface area contributed by atoms with Crippen molar-refractivity contribution in [3.8, 4) is 0 Å². The first kappa shape index (κ1) is 14.9. The normalized spacial score (nSPS) is 11.8. The molecule has 0 N–H and O–H groups in total. The average molecular weight is 332 g/mol. The molecule has 3 rings (SSSR count). The maximum atomic E-state index is 12.8. The maximum absolute atomic E-state index is 12.8. The Labute approximate surface area is 136 Å². The largest absolute Gasteiger partial charge is 0.283 e. The lowest BCUT2D eigenvalue weighted by Gasteiger charge is -2.08. The van der Waals surface area contributed by atoms with Gasteiger partial charge >= 0.3 is 0 Å². The van der Waals surface area contributed by atoms with Crippen LogP contribution in [-0.2, 0) is 0 Å². The van der Waals surface area contributed by atoms with Crippen molar-refractivity contribution in [1.82, 2.24) is 14.6 Å². The summed E-state index contributed by atoms with van der Waals surface area (Å²) < 4.78 is 1.28. The molecule has 0 fully saturated rings. The lowest BCUT2D eigenvalue weighted by molar-refractivity contribution is 0.878. The fourth-order valence-electron chi connectivity index (χ4n) is 2.45. The number of aromatic nitrogens is 3. The summed E-state index contributed by atoms with van der Waals surface area (Å²) in [6, 6.07) is 0. The molecule has 22 heavy (non-hydrogen) atoms. The molecule has 0 unspecified atom stereocenters. The summed E-state index contributed by atoms with van der Waals surface area (Å²) in [6.45, 7) is 9.58. The van der Waals surface area contributed by atoms with Crippen molar-refractivity contribution < 1.29 is 0 Å². The highest BCUT2D eigenvalue weighted by Gasteiger charge is 2.18. The average Bonchev–Trinajstić information content (AvgIpc) is 2.76. The molecule has 3 aromatic heterocycles. The molecule has 0 aromatic carbocycles. The minimum absolute atomic E-state index is 0.190. The fraction of sp³-hybridized carbons (Fsp3) is 0.188. The van der Waals surface area contributed by atoms with Crippen molar-refractivity contribution in [1.29, 1.82) is 0 Å². The van der Waals surface area contributed by atoms with Gasteiger partial charge in [-0.2, -0.15) is 9.61 Å². The van der Waals surface area contributed by atoms with Crippen LogP contribution in [0.4, 0.5) is 0 Å². The monoisotopic (exact) mass is 331 g/mol. The Hall–Kier alpha value is -1.98. The molecular weight excluding hydrogens is 318 g/mol. The zero-order valence-corrected chi connectivity index (χ0v) is 14.0. The van der Waals surface area contributed by atoms with E-state index in [1.54, 1.807) is 6.08 Å². The molecule has 0 atom stereocenters. The molecule has 112 valence electrons. The van der Waals surface area contributed by atoms with E-state index in [-0.39, 0.29) is 10.7 Å². The van der Waals surface area contributed by atoms with Crippen LogP contribution in [0.5, 0.6) is 0 Å². The van der Waals surface area contributed by atoms with Gasteiger partial charge in [-0.1, -0.05) is 36.4 Å². The van der Waals surface area contributed by atoms with Crippen molar-refractivity contribution >= 4 is 51.0 Å². The number of hydrogen-bond acceptors (Lipinski definition) is 4. The summed E-state index contributed by atoms with van der Waals surface area (Å²) in [5.74, 6) is 0. The molecule has 3 aromatic rings. The maximum Gasteiger partial charge on any atom is 0.283 e. The van der Waals surface area contributed by atoms with E-state index in [1.807, 2.05) is 32.9 Å². The lowest BCUT2D eigenvalue weighted by Crippen LogP contribution is -2.19. The van der Waals surface area contributed by atoms with Crippen LogP contribution in [0.25, 0.3) is 28.0 Å². The molecule has 4 nitrogen and oxygen atoms in total. The van der Waals surface area contributed by atoms with E-state index < -0.39 is 0 Å². The van der Waals surface area contributed by atoms with Crippen molar-refractivity contribution in [2.45, 2.75) is 20.8 Å². The van der Waals surface area contributed by atoms with Gasteiger partial charge in [0.15, 0.2) is 10.8 Å². The second-order valence-electron chi connectivity index (χ2n) is 4.94. The number of fused-ring (bicyclic) bond motifs is 2. The zero-order valence-electron chi connectivity index (χ0n) is 12.5. The Bertz CT molecular complexity index is 1010. The van der Waals surface area contributed by atoms with Gasteiger partial charge in [-0.25, -0.2) is 4.98 Å². The number of thiophene rings is 1. The van der Waals surface area contributed by atoms with Crippen molar-refractivity contribution in [2.24, 2.45) is 0 Å². The highest BCUT2D eigenvalue weighted by Crippen LogP contribution is 2.29. The second kappa shape index (κ2) is 5.34. The third-order valence-electron chi connectivity index (χ3n) is 3.66. The van der Waals surface area contributed by atoms with Gasteiger partial charge in [0, 0.05) is 16.0 Å². The molecule has 0 aliphatic carbocycles. The quantitative estimate of drug-likeness (QED) is 0.705. The minimum atomic E-state index is -0.190. The van der Waals surface area contributed by atoms with Crippen LogP contribution in [0.3, 0.4) is 0 Å². The first-order chi connectivity index (χ1) is 10.5. The Kier molecular flexibility index (Phi) is 3.62. The smallest absolute Gasteiger partial charge is 0.267 e. The topological polar surface area (TPSA) is 47.3 Å². The predicted molar refractivity (Wildman–Crippen MR) is 93.9 cm³/mol. The van der Waals surface area contributed by atoms with E-state index in [9.17, 15) is 4.79 Å². The van der Waals surface area contributed by atoms with Crippen LogP contribution in [0.15, 0.2) is 17.4 Å². The number of halogens is 1. The third kappa shape index (κ3) is 2.01. The first-order valence-corrected chi connectivity index (χ1v) is 7.96. The van der Waals surface area contributed by atoms with Crippen LogP contribution in [-0.4, -0.2) is 14.6 Å². The van der Waals surface area contributed by atoms with Gasteiger partial charge < -0.3 is 0 Å². The second-order valence-corrected chi connectivity index (χ2v) is 6.50. The van der Waals surface area contributed by atoms with Gasteiger partial charge in [0.2, 0.25) is 0 Å². The van der Waals surface area contributed by atoms with Crippen molar-refractivity contribution in [3.63, 3.8) is 0 Å². The molecule has 0 bridgehead atoms. The molecule has 3 heterocycles. The van der Waals surface area contributed by atoms with Crippen LogP contribution < -0.4 is 5.56 Å². The highest BCUT2D eigenvalue weighted by atomic mass is 35.5. The fourth-order valence-corrected chi connectivity index (χ4v) is 3.73. The third-order valence-corrected chi connectivity index (χ3v) is 5.04. The van der Waals surface area contributed by atoms with Crippen LogP contribution in [0.2, 0.25) is 5.15 Å². The highest BCUT2D eigenvalue weighted by molar-refractivity contribution is 7.18. The summed E-state index contributed by atoms with van der Waals surface area (Å²) in [7, 11) is 0. The summed E-state index contributed by atoms with van der Waals surface area (Å²) in [5.41, 5.74) is 2.68. The Morgan fingerprint density at radius 2 is 2.05 bits per heavy atom. The van der Waals surface area contributed by atoms with Gasteiger partial charge in [0.05, 0.1) is 5.39 Å². The van der Waals surface area contributed by atoms with E-state index >= 15 is 0 Å². The summed E-state index contributed by atoms with van der Waals surface area (Å²) in [6.07, 6.45) is 5.37. The molecule has 0 aliphatic heterocycles. The number of rotatable bonds is 2. The molecule has 0 saturated heterocycles. The molecule has 0 spiro atoms. The van der Waals surface area contributed by atoms with E-state index in [0.717, 1.165) is 20.8 Å². The van der Waals surface area contributed by atoms with E-state index in [2.05, 4.69) is 16.7 Å². The Morgan fingerprint density at radius 1 is 1.32 bits per heavy atom. The number of hydrogen-bond donors (Lipinski definition) is 0. The van der Waals surface area contributed by atoms with E-state index in [4.69, 9.17) is 11.6 Å². The van der Waals surface area contributed by atoms with Crippen LogP contribution in [0, 0.1) is 13.8 Å². The predicted octanol–water partition coefficient (Wildman–Crippen LogP) is 4.25. The lowest BCUT2D eigenvalue weighted by atomic mass is 10.1. The minimum Gasteiger partial charge on any atom is -0.267 e. The van der Waals surface area contributed by atoms with Gasteiger partial charge in [0.1, 0.15) is 4.83 Å². The van der Waals surface area contributed by atoms with Crippen LogP contribution in [0.1, 0.15) is 28.5 Å². The Balaban J connectivity index is 2.63. The zero-order chi connectivity index (χ0) is 16.0. The molecule has 0 amide bonds. The first-order valence-electron chi connectivity index (χ1n) is 6.77. The number of nitrogens with zero attached hydrogens (tertiary/aromatic N) is 3. The Morgan fingerprint density at radius 3 is 2.68 bits per heavy atom. The molecule has 0 saturated carbocycles. The van der Waals surface area contributed by atoms with Crippen molar-refractivity contribution in [2.75, 3.05) is 0 Å².